The zero-order valence-electron chi connectivity index (χ0n) is 17.8. The number of unbranched alkanes of at least 4 members (excludes halogenated alkanes) is 2. The topological polar surface area (TPSA) is 30.2 Å². The van der Waals surface area contributed by atoms with Crippen LogP contribution in [0.2, 0.25) is 0 Å². The largest absolute Gasteiger partial charge is 0.326 e. The zero-order chi connectivity index (χ0) is 19.6. The summed E-state index contributed by atoms with van der Waals surface area (Å²) in [5.74, 6) is 1.77. The SMILES string of the molecule is CCCCC(N=CC1CCCCC1)c1cnc(-c2ccccc2)n1CCCC. The molecule has 0 amide bonds. The maximum atomic E-state index is 5.15. The molecular weight excluding hydrogens is 342 g/mol. The quantitative estimate of drug-likeness (QED) is 0.400. The summed E-state index contributed by atoms with van der Waals surface area (Å²) < 4.78 is 2.44. The first-order valence-electron chi connectivity index (χ1n) is 11.5. The van der Waals surface area contributed by atoms with Crippen molar-refractivity contribution in [2.24, 2.45) is 10.9 Å². The van der Waals surface area contributed by atoms with Crippen molar-refractivity contribution < 1.29 is 0 Å². The third-order valence-corrected chi connectivity index (χ3v) is 5.95. The van der Waals surface area contributed by atoms with Crippen molar-refractivity contribution in [2.45, 2.75) is 90.6 Å². The molecule has 1 aromatic carbocycles. The number of aromatic nitrogens is 2. The molecule has 1 fully saturated rings. The molecule has 1 atom stereocenters. The second-order valence-corrected chi connectivity index (χ2v) is 8.23. The molecule has 1 heterocycles. The van der Waals surface area contributed by atoms with Crippen molar-refractivity contribution >= 4 is 6.21 Å². The third-order valence-electron chi connectivity index (χ3n) is 5.95. The van der Waals surface area contributed by atoms with Crippen molar-refractivity contribution in [3.63, 3.8) is 0 Å². The molecule has 3 heteroatoms. The summed E-state index contributed by atoms with van der Waals surface area (Å²) in [4.78, 5) is 10.00. The number of aliphatic imine (C=N–C) groups is 1. The van der Waals surface area contributed by atoms with Crippen LogP contribution in [0.3, 0.4) is 0 Å². The fourth-order valence-corrected chi connectivity index (χ4v) is 4.23. The lowest BCUT2D eigenvalue weighted by Gasteiger charge is -2.20. The lowest BCUT2D eigenvalue weighted by molar-refractivity contribution is 0.442. The van der Waals surface area contributed by atoms with Gasteiger partial charge in [-0.3, -0.25) is 4.99 Å². The Balaban J connectivity index is 1.89. The lowest BCUT2D eigenvalue weighted by atomic mass is 9.90. The van der Waals surface area contributed by atoms with E-state index < -0.39 is 0 Å². The molecular formula is C25H37N3. The Bertz CT molecular complexity index is 711. The van der Waals surface area contributed by atoms with Crippen LogP contribution in [0.25, 0.3) is 11.4 Å². The molecule has 3 rings (SSSR count). The van der Waals surface area contributed by atoms with Crippen LogP contribution in [0.5, 0.6) is 0 Å². The van der Waals surface area contributed by atoms with Gasteiger partial charge in [0.1, 0.15) is 5.82 Å². The number of benzene rings is 1. The van der Waals surface area contributed by atoms with Gasteiger partial charge in [-0.05, 0) is 31.6 Å². The smallest absolute Gasteiger partial charge is 0.140 e. The van der Waals surface area contributed by atoms with Crippen LogP contribution in [0, 0.1) is 5.92 Å². The summed E-state index contributed by atoms with van der Waals surface area (Å²) >= 11 is 0. The Morgan fingerprint density at radius 3 is 2.54 bits per heavy atom. The molecule has 2 aromatic rings. The summed E-state index contributed by atoms with van der Waals surface area (Å²) in [6.07, 6.45) is 17.0. The Morgan fingerprint density at radius 2 is 1.82 bits per heavy atom. The molecule has 1 aliphatic rings. The first-order valence-corrected chi connectivity index (χ1v) is 11.5. The fourth-order valence-electron chi connectivity index (χ4n) is 4.23. The lowest BCUT2D eigenvalue weighted by Crippen LogP contribution is -2.11. The number of nitrogens with zero attached hydrogens (tertiary/aromatic N) is 3. The standard InChI is InChI=1S/C25H37N3/c1-3-5-17-23(26-19-21-13-9-7-10-14-21)24-20-27-25(28(24)18-6-4-2)22-15-11-8-12-16-22/h8,11-12,15-16,19-21,23H,3-7,9-10,13-14,17-18H2,1-2H3. The molecule has 0 N–H and O–H groups in total. The van der Waals surface area contributed by atoms with Gasteiger partial charge in [-0.25, -0.2) is 4.98 Å². The molecule has 152 valence electrons. The molecule has 0 saturated heterocycles. The average molecular weight is 380 g/mol. The van der Waals surface area contributed by atoms with Crippen molar-refractivity contribution in [1.29, 1.82) is 0 Å². The summed E-state index contributed by atoms with van der Waals surface area (Å²) in [7, 11) is 0. The maximum Gasteiger partial charge on any atom is 0.140 e. The van der Waals surface area contributed by atoms with Crippen LogP contribution in [-0.2, 0) is 6.54 Å². The summed E-state index contributed by atoms with van der Waals surface area (Å²) in [6, 6.07) is 10.8. The summed E-state index contributed by atoms with van der Waals surface area (Å²) in [5, 5.41) is 0. The monoisotopic (exact) mass is 379 g/mol. The molecule has 1 aliphatic carbocycles. The molecule has 1 saturated carbocycles. The zero-order valence-corrected chi connectivity index (χ0v) is 17.8. The highest BCUT2D eigenvalue weighted by Gasteiger charge is 2.20. The van der Waals surface area contributed by atoms with Crippen molar-refractivity contribution in [1.82, 2.24) is 9.55 Å². The first-order chi connectivity index (χ1) is 13.8. The van der Waals surface area contributed by atoms with E-state index in [-0.39, 0.29) is 6.04 Å². The van der Waals surface area contributed by atoms with Gasteiger partial charge in [-0.2, -0.15) is 0 Å². The molecule has 3 nitrogen and oxygen atoms in total. The van der Waals surface area contributed by atoms with Crippen LogP contribution in [0.1, 0.15) is 89.8 Å². The van der Waals surface area contributed by atoms with Crippen LogP contribution < -0.4 is 0 Å². The van der Waals surface area contributed by atoms with Gasteiger partial charge in [0, 0.05) is 18.3 Å². The van der Waals surface area contributed by atoms with Crippen LogP contribution in [-0.4, -0.2) is 15.8 Å². The van der Waals surface area contributed by atoms with Gasteiger partial charge in [-0.1, -0.05) is 82.7 Å². The highest BCUT2D eigenvalue weighted by atomic mass is 15.1. The van der Waals surface area contributed by atoms with Gasteiger partial charge in [0.05, 0.1) is 17.9 Å². The third kappa shape index (κ3) is 5.56. The fraction of sp³-hybridized carbons (Fsp3) is 0.600. The Morgan fingerprint density at radius 1 is 1.07 bits per heavy atom. The second-order valence-electron chi connectivity index (χ2n) is 8.23. The van der Waals surface area contributed by atoms with E-state index >= 15 is 0 Å². The molecule has 0 radical (unpaired) electrons. The minimum atomic E-state index is 0.240. The normalized spacial score (nSPS) is 16.6. The van der Waals surface area contributed by atoms with Gasteiger partial charge in [-0.15, -0.1) is 0 Å². The summed E-state index contributed by atoms with van der Waals surface area (Å²) in [6.45, 7) is 5.55. The van der Waals surface area contributed by atoms with Gasteiger partial charge >= 0.3 is 0 Å². The van der Waals surface area contributed by atoms with E-state index in [2.05, 4.69) is 61.2 Å². The van der Waals surface area contributed by atoms with Crippen molar-refractivity contribution in [3.8, 4) is 11.4 Å². The predicted molar refractivity (Wildman–Crippen MR) is 120 cm³/mol. The maximum absolute atomic E-state index is 5.15. The Kier molecular flexibility index (Phi) is 8.32. The van der Waals surface area contributed by atoms with E-state index in [4.69, 9.17) is 9.98 Å². The Hall–Kier alpha value is -1.90. The van der Waals surface area contributed by atoms with Gasteiger partial charge < -0.3 is 4.57 Å². The minimum absolute atomic E-state index is 0.240. The Labute approximate surface area is 171 Å². The highest BCUT2D eigenvalue weighted by Crippen LogP contribution is 2.30. The molecule has 0 bridgehead atoms. The van der Waals surface area contributed by atoms with Crippen LogP contribution in [0.15, 0.2) is 41.5 Å². The minimum Gasteiger partial charge on any atom is -0.326 e. The van der Waals surface area contributed by atoms with E-state index in [0.717, 1.165) is 18.8 Å². The van der Waals surface area contributed by atoms with Crippen LogP contribution in [0.4, 0.5) is 0 Å². The van der Waals surface area contributed by atoms with Crippen LogP contribution >= 0.6 is 0 Å². The number of imidazole rings is 1. The van der Waals surface area contributed by atoms with E-state index in [0.29, 0.717) is 5.92 Å². The molecule has 0 spiro atoms. The van der Waals surface area contributed by atoms with Gasteiger partial charge in [0.25, 0.3) is 0 Å². The van der Waals surface area contributed by atoms with E-state index in [9.17, 15) is 0 Å². The highest BCUT2D eigenvalue weighted by molar-refractivity contribution is 5.61. The van der Waals surface area contributed by atoms with Gasteiger partial charge in [0.15, 0.2) is 0 Å². The number of hydrogen-bond donors (Lipinski definition) is 0. The van der Waals surface area contributed by atoms with Gasteiger partial charge in [0.2, 0.25) is 0 Å². The van der Waals surface area contributed by atoms with Crippen molar-refractivity contribution in [3.05, 3.63) is 42.2 Å². The molecule has 0 aliphatic heterocycles. The van der Waals surface area contributed by atoms with Crippen molar-refractivity contribution in [2.75, 3.05) is 0 Å². The first kappa shape index (κ1) is 20.8. The van der Waals surface area contributed by atoms with E-state index in [1.165, 1.54) is 69.0 Å². The average Bonchev–Trinajstić information content (AvgIpc) is 3.17. The number of hydrogen-bond acceptors (Lipinski definition) is 2. The molecule has 1 unspecified atom stereocenters. The molecule has 28 heavy (non-hydrogen) atoms. The van der Waals surface area contributed by atoms with E-state index in [1.54, 1.807) is 0 Å². The number of rotatable bonds is 10. The molecule has 1 aromatic heterocycles. The second kappa shape index (κ2) is 11.2. The van der Waals surface area contributed by atoms with E-state index in [1.807, 2.05) is 0 Å². The summed E-state index contributed by atoms with van der Waals surface area (Å²) in [5.41, 5.74) is 2.50. The predicted octanol–water partition coefficient (Wildman–Crippen LogP) is 7.23.